The maximum absolute atomic E-state index is 12.1. The minimum Gasteiger partial charge on any atom is -0.490 e. The van der Waals surface area contributed by atoms with Crippen LogP contribution in [-0.4, -0.2) is 21.9 Å². The highest BCUT2D eigenvalue weighted by Gasteiger charge is 2.40. The van der Waals surface area contributed by atoms with Crippen molar-refractivity contribution in [2.75, 3.05) is 0 Å². The van der Waals surface area contributed by atoms with Gasteiger partial charge in [-0.15, -0.1) is 0 Å². The number of pyridine rings is 1. The van der Waals surface area contributed by atoms with E-state index in [9.17, 15) is 9.59 Å². The second kappa shape index (κ2) is 6.06. The maximum Gasteiger partial charge on any atom is 0.418 e. The predicted molar refractivity (Wildman–Crippen MR) is 94.2 cm³/mol. The molecule has 0 amide bonds. The van der Waals surface area contributed by atoms with Crippen molar-refractivity contribution in [2.24, 2.45) is 11.8 Å². The molecule has 25 heavy (non-hydrogen) atoms. The zero-order chi connectivity index (χ0) is 17.6. The Labute approximate surface area is 145 Å². The van der Waals surface area contributed by atoms with Crippen LogP contribution in [0.4, 0.5) is 4.79 Å². The lowest BCUT2D eigenvalue weighted by Crippen LogP contribution is -2.27. The van der Waals surface area contributed by atoms with Crippen LogP contribution in [0, 0.1) is 18.8 Å². The van der Waals surface area contributed by atoms with Crippen LogP contribution in [0.5, 0.6) is 5.75 Å². The van der Waals surface area contributed by atoms with Gasteiger partial charge in [-0.05, 0) is 73.8 Å². The number of carbonyl (C=O) groups is 1. The van der Waals surface area contributed by atoms with Gasteiger partial charge in [-0.1, -0.05) is 12.1 Å². The minimum atomic E-state index is -1.27. The normalized spacial score (nSPS) is 24.4. The number of ether oxygens (including phenoxy) is 1. The molecule has 5 heteroatoms. The van der Waals surface area contributed by atoms with Crippen LogP contribution < -0.4 is 10.3 Å². The molecule has 1 aromatic carbocycles. The quantitative estimate of drug-likeness (QED) is 0.920. The second-order valence-electron chi connectivity index (χ2n) is 7.17. The number of rotatable bonds is 3. The third-order valence-corrected chi connectivity index (χ3v) is 5.67. The van der Waals surface area contributed by atoms with E-state index in [1.54, 1.807) is 13.0 Å². The fourth-order valence-electron chi connectivity index (χ4n) is 4.32. The largest absolute Gasteiger partial charge is 0.490 e. The molecule has 2 aliphatic carbocycles. The minimum absolute atomic E-state index is 0.339. The number of aromatic nitrogens is 1. The number of nitrogens with zero attached hydrogens (tertiary/aromatic N) is 1. The van der Waals surface area contributed by atoms with Crippen molar-refractivity contribution in [3.05, 3.63) is 52.4 Å². The van der Waals surface area contributed by atoms with Crippen molar-refractivity contribution in [1.82, 2.24) is 4.57 Å². The number of hydrogen-bond donors (Lipinski definition) is 1. The lowest BCUT2D eigenvalue weighted by Gasteiger charge is -2.23. The number of benzene rings is 1. The Hall–Kier alpha value is -2.56. The van der Waals surface area contributed by atoms with E-state index >= 15 is 0 Å². The first-order chi connectivity index (χ1) is 12.0. The summed E-state index contributed by atoms with van der Waals surface area (Å²) in [5.41, 5.74) is 1.54. The van der Waals surface area contributed by atoms with Gasteiger partial charge in [-0.25, -0.2) is 9.36 Å². The molecule has 1 aromatic heterocycles. The Bertz CT molecular complexity index is 868. The van der Waals surface area contributed by atoms with Crippen molar-refractivity contribution in [1.29, 1.82) is 0 Å². The predicted octanol–water partition coefficient (Wildman–Crippen LogP) is 3.92. The Kier molecular flexibility index (Phi) is 3.86. The van der Waals surface area contributed by atoms with E-state index in [4.69, 9.17) is 9.84 Å². The first-order valence-corrected chi connectivity index (χ1v) is 8.75. The van der Waals surface area contributed by atoms with Crippen molar-refractivity contribution >= 4 is 6.09 Å². The average molecular weight is 339 g/mol. The van der Waals surface area contributed by atoms with Gasteiger partial charge in [0.05, 0.1) is 0 Å². The lowest BCUT2D eigenvalue weighted by molar-refractivity contribution is 0.138. The van der Waals surface area contributed by atoms with Crippen LogP contribution in [0.1, 0.15) is 31.2 Å². The van der Waals surface area contributed by atoms with E-state index in [0.29, 0.717) is 22.2 Å². The third kappa shape index (κ3) is 2.84. The van der Waals surface area contributed by atoms with Gasteiger partial charge in [-0.2, -0.15) is 0 Å². The molecule has 2 fully saturated rings. The Morgan fingerprint density at radius 2 is 1.92 bits per heavy atom. The van der Waals surface area contributed by atoms with E-state index in [-0.39, 0.29) is 0 Å². The SMILES string of the molecule is Cc1c(-c2ccc(O[C@@H]3C[C@H]4CC[C@@H]3C4)cc2)ccn(C(=O)O)c1=O. The van der Waals surface area contributed by atoms with Crippen molar-refractivity contribution < 1.29 is 14.6 Å². The number of fused-ring (bicyclic) bond motifs is 2. The van der Waals surface area contributed by atoms with Crippen LogP contribution in [0.25, 0.3) is 11.1 Å². The van der Waals surface area contributed by atoms with Crippen molar-refractivity contribution in [2.45, 2.75) is 38.7 Å². The molecule has 5 nitrogen and oxygen atoms in total. The van der Waals surface area contributed by atoms with Gasteiger partial charge in [-0.3, -0.25) is 4.79 Å². The molecule has 130 valence electrons. The highest BCUT2D eigenvalue weighted by molar-refractivity contribution is 5.72. The number of carboxylic acid groups (broad SMARTS) is 1. The summed E-state index contributed by atoms with van der Waals surface area (Å²) >= 11 is 0. The Morgan fingerprint density at radius 3 is 2.52 bits per heavy atom. The van der Waals surface area contributed by atoms with Gasteiger partial charge in [0.15, 0.2) is 0 Å². The van der Waals surface area contributed by atoms with Gasteiger partial charge in [0, 0.05) is 11.8 Å². The van der Waals surface area contributed by atoms with E-state index in [1.807, 2.05) is 24.3 Å². The molecule has 2 aromatic rings. The molecule has 4 rings (SSSR count). The van der Waals surface area contributed by atoms with Crippen LogP contribution in [0.15, 0.2) is 41.3 Å². The molecule has 0 saturated heterocycles. The van der Waals surface area contributed by atoms with Crippen LogP contribution in [0.3, 0.4) is 0 Å². The van der Waals surface area contributed by atoms with E-state index in [0.717, 1.165) is 22.8 Å². The van der Waals surface area contributed by atoms with Gasteiger partial charge in [0.1, 0.15) is 11.9 Å². The third-order valence-electron chi connectivity index (χ3n) is 5.67. The summed E-state index contributed by atoms with van der Waals surface area (Å²) in [6.07, 6.45) is 5.48. The highest BCUT2D eigenvalue weighted by atomic mass is 16.5. The summed E-state index contributed by atoms with van der Waals surface area (Å²) in [6.45, 7) is 1.65. The molecule has 2 saturated carbocycles. The first-order valence-electron chi connectivity index (χ1n) is 8.75. The molecule has 0 spiro atoms. The molecule has 2 bridgehead atoms. The smallest absolute Gasteiger partial charge is 0.418 e. The summed E-state index contributed by atoms with van der Waals surface area (Å²) in [7, 11) is 0. The Balaban J connectivity index is 1.55. The van der Waals surface area contributed by atoms with Gasteiger partial charge >= 0.3 is 6.09 Å². The zero-order valence-electron chi connectivity index (χ0n) is 14.1. The molecule has 2 aliphatic rings. The van der Waals surface area contributed by atoms with Crippen LogP contribution >= 0.6 is 0 Å². The summed E-state index contributed by atoms with van der Waals surface area (Å²) < 4.78 is 6.86. The van der Waals surface area contributed by atoms with E-state index < -0.39 is 11.7 Å². The average Bonchev–Trinajstić information content (AvgIpc) is 3.21. The molecule has 0 aliphatic heterocycles. The number of hydrogen-bond acceptors (Lipinski definition) is 3. The molecular formula is C20H21NO4. The zero-order valence-corrected chi connectivity index (χ0v) is 14.1. The first kappa shape index (κ1) is 15.9. The Morgan fingerprint density at radius 1 is 1.16 bits per heavy atom. The lowest BCUT2D eigenvalue weighted by atomic mass is 9.97. The van der Waals surface area contributed by atoms with Crippen molar-refractivity contribution in [3.63, 3.8) is 0 Å². The summed E-state index contributed by atoms with van der Waals surface area (Å²) in [5, 5.41) is 9.01. The highest BCUT2D eigenvalue weighted by Crippen LogP contribution is 2.46. The fourth-order valence-corrected chi connectivity index (χ4v) is 4.32. The fraction of sp³-hybridized carbons (Fsp3) is 0.400. The summed E-state index contributed by atoms with van der Waals surface area (Å²) in [6, 6.07) is 9.38. The summed E-state index contributed by atoms with van der Waals surface area (Å²) in [4.78, 5) is 23.2. The van der Waals surface area contributed by atoms with Crippen LogP contribution in [-0.2, 0) is 0 Å². The molecule has 3 atom stereocenters. The molecular weight excluding hydrogens is 318 g/mol. The van der Waals surface area contributed by atoms with Gasteiger partial charge < -0.3 is 9.84 Å². The van der Waals surface area contributed by atoms with Crippen molar-refractivity contribution in [3.8, 4) is 16.9 Å². The summed E-state index contributed by atoms with van der Waals surface area (Å²) in [5.74, 6) is 2.41. The topological polar surface area (TPSA) is 68.5 Å². The van der Waals surface area contributed by atoms with E-state index in [2.05, 4.69) is 0 Å². The molecule has 0 unspecified atom stereocenters. The van der Waals surface area contributed by atoms with Gasteiger partial charge in [0.2, 0.25) is 0 Å². The standard InChI is InChI=1S/C20H21NO4/c1-12-17(8-9-21(19(12)22)20(23)24)14-4-6-16(7-5-14)25-18-11-13-2-3-15(18)10-13/h4-9,13,15,18H,2-3,10-11H2,1H3,(H,23,24)/t13-,15+,18+/m0/s1. The van der Waals surface area contributed by atoms with Crippen LogP contribution in [0.2, 0.25) is 0 Å². The second-order valence-corrected chi connectivity index (χ2v) is 7.17. The maximum atomic E-state index is 12.1. The molecule has 0 radical (unpaired) electrons. The monoisotopic (exact) mass is 339 g/mol. The molecule has 1 N–H and O–H groups in total. The van der Waals surface area contributed by atoms with E-state index in [1.165, 1.54) is 31.9 Å². The van der Waals surface area contributed by atoms with Gasteiger partial charge in [0.25, 0.3) is 5.56 Å². The molecule has 1 heterocycles.